The van der Waals surface area contributed by atoms with E-state index in [1.165, 1.54) is 32.5 Å². The van der Waals surface area contributed by atoms with Gasteiger partial charge in [0, 0.05) is 38.3 Å². The molecule has 2 aliphatic rings. The summed E-state index contributed by atoms with van der Waals surface area (Å²) >= 11 is 0. The molecule has 2 rings (SSSR count). The van der Waals surface area contributed by atoms with Crippen LogP contribution in [0.5, 0.6) is 0 Å². The molecule has 2 aliphatic heterocycles. The quantitative estimate of drug-likeness (QED) is 0.805. The predicted molar refractivity (Wildman–Crippen MR) is 74.7 cm³/mol. The van der Waals surface area contributed by atoms with Crippen molar-refractivity contribution in [2.45, 2.75) is 32.2 Å². The molecule has 0 amide bonds. The zero-order chi connectivity index (χ0) is 13.0. The summed E-state index contributed by atoms with van der Waals surface area (Å²) < 4.78 is 5.41. The Kier molecular flexibility index (Phi) is 5.01. The van der Waals surface area contributed by atoms with Crippen molar-refractivity contribution in [2.75, 3.05) is 52.5 Å². The van der Waals surface area contributed by atoms with Gasteiger partial charge in [0.1, 0.15) is 0 Å². The average Bonchev–Trinajstić information content (AvgIpc) is 2.28. The normalized spacial score (nSPS) is 28.5. The van der Waals surface area contributed by atoms with Gasteiger partial charge in [-0.3, -0.25) is 4.90 Å². The summed E-state index contributed by atoms with van der Waals surface area (Å²) in [7, 11) is 0. The van der Waals surface area contributed by atoms with E-state index in [1.807, 2.05) is 0 Å². The molecule has 0 aromatic heterocycles. The highest BCUT2D eigenvalue weighted by atomic mass is 16.5. The van der Waals surface area contributed by atoms with Gasteiger partial charge >= 0.3 is 0 Å². The molecule has 0 unspecified atom stereocenters. The Morgan fingerprint density at radius 3 is 2.56 bits per heavy atom. The number of piperidine rings is 1. The van der Waals surface area contributed by atoms with Gasteiger partial charge in [-0.25, -0.2) is 0 Å². The van der Waals surface area contributed by atoms with Crippen LogP contribution in [0.25, 0.3) is 0 Å². The van der Waals surface area contributed by atoms with E-state index in [0.29, 0.717) is 0 Å². The molecule has 0 bridgehead atoms. The fourth-order valence-corrected chi connectivity index (χ4v) is 3.17. The van der Waals surface area contributed by atoms with Crippen LogP contribution in [0, 0.1) is 5.92 Å². The Bertz CT molecular complexity index is 246. The Balaban J connectivity index is 1.75. The highest BCUT2D eigenvalue weighted by Gasteiger charge is 2.25. The Morgan fingerprint density at radius 1 is 1.17 bits per heavy atom. The van der Waals surface area contributed by atoms with Gasteiger partial charge in [-0.05, 0) is 39.2 Å². The first kappa shape index (κ1) is 14.3. The lowest BCUT2D eigenvalue weighted by Crippen LogP contribution is -2.50. The van der Waals surface area contributed by atoms with E-state index >= 15 is 0 Å². The highest BCUT2D eigenvalue weighted by Crippen LogP contribution is 2.19. The molecule has 0 aromatic carbocycles. The minimum atomic E-state index is -0.0686. The smallest absolute Gasteiger partial charge is 0.0594 e. The lowest BCUT2D eigenvalue weighted by atomic mass is 9.95. The molecule has 1 atom stereocenters. The summed E-state index contributed by atoms with van der Waals surface area (Å²) in [4.78, 5) is 5.11. The molecule has 4 nitrogen and oxygen atoms in total. The third-order valence-corrected chi connectivity index (χ3v) is 3.85. The van der Waals surface area contributed by atoms with Gasteiger partial charge in [-0.15, -0.1) is 0 Å². The molecule has 2 fully saturated rings. The number of hydrogen-bond donors (Lipinski definition) is 1. The van der Waals surface area contributed by atoms with E-state index in [1.54, 1.807) is 0 Å². The molecule has 106 valence electrons. The number of nitrogens with two attached hydrogens (primary N) is 1. The molecule has 0 saturated carbocycles. The first-order chi connectivity index (χ1) is 8.53. The van der Waals surface area contributed by atoms with E-state index in [2.05, 4.69) is 23.6 Å². The van der Waals surface area contributed by atoms with Gasteiger partial charge in [0.15, 0.2) is 0 Å². The van der Waals surface area contributed by atoms with Gasteiger partial charge in [-0.2, -0.15) is 0 Å². The summed E-state index contributed by atoms with van der Waals surface area (Å²) in [5.41, 5.74) is 6.06. The fourth-order valence-electron chi connectivity index (χ4n) is 3.17. The number of morpholine rings is 1. The highest BCUT2D eigenvalue weighted by molar-refractivity contribution is 4.82. The minimum absolute atomic E-state index is 0.0686. The van der Waals surface area contributed by atoms with Crippen molar-refractivity contribution >= 4 is 0 Å². The van der Waals surface area contributed by atoms with Crippen LogP contribution in [0.4, 0.5) is 0 Å². The third-order valence-electron chi connectivity index (χ3n) is 3.85. The molecule has 2 heterocycles. The molecule has 18 heavy (non-hydrogen) atoms. The van der Waals surface area contributed by atoms with Crippen molar-refractivity contribution in [1.29, 1.82) is 0 Å². The van der Waals surface area contributed by atoms with Crippen LogP contribution in [0.15, 0.2) is 0 Å². The van der Waals surface area contributed by atoms with Crippen LogP contribution in [-0.2, 0) is 4.74 Å². The van der Waals surface area contributed by atoms with E-state index in [4.69, 9.17) is 10.5 Å². The van der Waals surface area contributed by atoms with Crippen molar-refractivity contribution in [2.24, 2.45) is 11.7 Å². The topological polar surface area (TPSA) is 41.7 Å². The monoisotopic (exact) mass is 255 g/mol. The van der Waals surface area contributed by atoms with E-state index in [9.17, 15) is 0 Å². The van der Waals surface area contributed by atoms with Crippen molar-refractivity contribution in [3.8, 4) is 0 Å². The number of ether oxygens (including phenoxy) is 1. The van der Waals surface area contributed by atoms with Crippen molar-refractivity contribution in [3.05, 3.63) is 0 Å². The van der Waals surface area contributed by atoms with Crippen molar-refractivity contribution in [3.63, 3.8) is 0 Å². The Labute approximate surface area is 111 Å². The largest absolute Gasteiger partial charge is 0.379 e. The maximum absolute atomic E-state index is 6.13. The third kappa shape index (κ3) is 4.84. The van der Waals surface area contributed by atoms with Crippen LogP contribution in [0.2, 0.25) is 0 Å². The summed E-state index contributed by atoms with van der Waals surface area (Å²) in [6.07, 6.45) is 2.70. The first-order valence-electron chi connectivity index (χ1n) is 7.34. The fraction of sp³-hybridized carbons (Fsp3) is 1.00. The van der Waals surface area contributed by atoms with Gasteiger partial charge in [0.05, 0.1) is 13.2 Å². The second kappa shape index (κ2) is 6.33. The van der Waals surface area contributed by atoms with Crippen LogP contribution < -0.4 is 5.73 Å². The molecule has 2 saturated heterocycles. The second-order valence-corrected chi connectivity index (χ2v) is 6.64. The Hall–Kier alpha value is -0.160. The van der Waals surface area contributed by atoms with Gasteiger partial charge in [0.25, 0.3) is 0 Å². The number of nitrogens with zero attached hydrogens (tertiary/aromatic N) is 2. The van der Waals surface area contributed by atoms with Crippen molar-refractivity contribution in [1.82, 2.24) is 9.80 Å². The standard InChI is InChI=1S/C14H29N3O/c1-14(2,15)12-17-5-3-4-13(11-17)10-16-6-8-18-9-7-16/h13H,3-12,15H2,1-2H3/t13-/m1/s1. The lowest BCUT2D eigenvalue weighted by Gasteiger charge is -2.39. The molecule has 0 radical (unpaired) electrons. The molecule has 0 aliphatic carbocycles. The van der Waals surface area contributed by atoms with Crippen LogP contribution in [-0.4, -0.2) is 67.8 Å². The van der Waals surface area contributed by atoms with E-state index < -0.39 is 0 Å². The molecule has 4 heteroatoms. The SMILES string of the molecule is CC(C)(N)CN1CCC[C@H](CN2CCOCC2)C1. The van der Waals surface area contributed by atoms with E-state index in [-0.39, 0.29) is 5.54 Å². The van der Waals surface area contributed by atoms with Gasteiger partial charge in [0.2, 0.25) is 0 Å². The summed E-state index contributed by atoms with van der Waals surface area (Å²) in [5, 5.41) is 0. The summed E-state index contributed by atoms with van der Waals surface area (Å²) in [5.74, 6) is 0.819. The minimum Gasteiger partial charge on any atom is -0.379 e. The Morgan fingerprint density at radius 2 is 1.89 bits per heavy atom. The summed E-state index contributed by atoms with van der Waals surface area (Å²) in [6.45, 7) is 13.0. The van der Waals surface area contributed by atoms with Gasteiger partial charge < -0.3 is 15.4 Å². The molecular formula is C14H29N3O. The maximum Gasteiger partial charge on any atom is 0.0594 e. The van der Waals surface area contributed by atoms with Crippen LogP contribution in [0.3, 0.4) is 0 Å². The molecular weight excluding hydrogens is 226 g/mol. The average molecular weight is 255 g/mol. The van der Waals surface area contributed by atoms with Crippen LogP contribution >= 0.6 is 0 Å². The van der Waals surface area contributed by atoms with Gasteiger partial charge in [-0.1, -0.05) is 0 Å². The van der Waals surface area contributed by atoms with Crippen LogP contribution in [0.1, 0.15) is 26.7 Å². The maximum atomic E-state index is 6.13. The first-order valence-corrected chi connectivity index (χ1v) is 7.34. The summed E-state index contributed by atoms with van der Waals surface area (Å²) in [6, 6.07) is 0. The molecule has 0 spiro atoms. The number of hydrogen-bond acceptors (Lipinski definition) is 4. The van der Waals surface area contributed by atoms with Crippen molar-refractivity contribution < 1.29 is 4.74 Å². The van der Waals surface area contributed by atoms with E-state index in [0.717, 1.165) is 38.8 Å². The lowest BCUT2D eigenvalue weighted by molar-refractivity contribution is 0.0219. The predicted octanol–water partition coefficient (Wildman–Crippen LogP) is 0.768. The number of likely N-dealkylation sites (tertiary alicyclic amines) is 1. The zero-order valence-electron chi connectivity index (χ0n) is 12.0. The molecule has 0 aromatic rings. The molecule has 2 N–H and O–H groups in total. The second-order valence-electron chi connectivity index (χ2n) is 6.64. The zero-order valence-corrected chi connectivity index (χ0v) is 12.0. The number of rotatable bonds is 4.